The predicted octanol–water partition coefficient (Wildman–Crippen LogP) is 3.99. The highest BCUT2D eigenvalue weighted by molar-refractivity contribution is 5.95. The molecule has 0 heterocycles. The van der Waals surface area contributed by atoms with E-state index in [4.69, 9.17) is 0 Å². The van der Waals surface area contributed by atoms with Gasteiger partial charge in [-0.1, -0.05) is 39.0 Å². The summed E-state index contributed by atoms with van der Waals surface area (Å²) < 4.78 is 0. The zero-order valence-corrected chi connectivity index (χ0v) is 15.1. The molecule has 0 spiro atoms. The number of hydrogen-bond acceptors (Lipinski definition) is 3. The third kappa shape index (κ3) is 5.95. The fraction of sp³-hybridized carbons (Fsp3) is 0.300. The van der Waals surface area contributed by atoms with Gasteiger partial charge in [-0.15, -0.1) is 0 Å². The lowest BCUT2D eigenvalue weighted by Gasteiger charge is -2.19. The smallest absolute Gasteiger partial charge is 0.243 e. The number of rotatable bonds is 5. The molecular formula is C20H25N3O2. The first-order chi connectivity index (χ1) is 11.7. The Morgan fingerprint density at radius 3 is 2.04 bits per heavy atom. The highest BCUT2D eigenvalue weighted by Crippen LogP contribution is 2.23. The highest BCUT2D eigenvalue weighted by atomic mass is 16.2. The summed E-state index contributed by atoms with van der Waals surface area (Å²) in [5, 5.41) is 8.60. The third-order valence-corrected chi connectivity index (χ3v) is 3.67. The lowest BCUT2D eigenvalue weighted by atomic mass is 9.87. The van der Waals surface area contributed by atoms with Crippen LogP contribution in [0, 0.1) is 0 Å². The quantitative estimate of drug-likeness (QED) is 0.771. The summed E-state index contributed by atoms with van der Waals surface area (Å²) in [6.45, 7) is 8.10. The van der Waals surface area contributed by atoms with Gasteiger partial charge in [0.1, 0.15) is 0 Å². The van der Waals surface area contributed by atoms with Crippen LogP contribution in [0.2, 0.25) is 0 Å². The summed E-state index contributed by atoms with van der Waals surface area (Å²) in [6.07, 6.45) is 0. The van der Waals surface area contributed by atoms with Crippen molar-refractivity contribution in [2.45, 2.75) is 33.1 Å². The second-order valence-corrected chi connectivity index (χ2v) is 6.99. The molecule has 2 rings (SSSR count). The molecule has 2 aromatic carbocycles. The number of carbonyl (C=O) groups is 2. The Morgan fingerprint density at radius 1 is 0.880 bits per heavy atom. The average molecular weight is 339 g/mol. The molecule has 0 fully saturated rings. The molecule has 2 aromatic rings. The van der Waals surface area contributed by atoms with E-state index in [1.54, 1.807) is 24.3 Å². The van der Waals surface area contributed by atoms with Crippen LogP contribution >= 0.6 is 0 Å². The molecule has 0 unspecified atom stereocenters. The minimum Gasteiger partial charge on any atom is -0.376 e. The topological polar surface area (TPSA) is 70.2 Å². The number of benzene rings is 2. The first kappa shape index (κ1) is 18.5. The maximum atomic E-state index is 12.1. The summed E-state index contributed by atoms with van der Waals surface area (Å²) in [4.78, 5) is 23.2. The standard InChI is InChI=1S/C20H25N3O2/c1-14(24)22-17-6-5-7-18(12-17)23-19(25)13-21-16-10-8-15(9-11-16)20(2,3)4/h5-12,21H,13H2,1-4H3,(H,22,24)(H,23,25). The van der Waals surface area contributed by atoms with Gasteiger partial charge in [-0.3, -0.25) is 9.59 Å². The van der Waals surface area contributed by atoms with Gasteiger partial charge >= 0.3 is 0 Å². The predicted molar refractivity (Wildman–Crippen MR) is 103 cm³/mol. The van der Waals surface area contributed by atoms with E-state index in [1.165, 1.54) is 12.5 Å². The number of amides is 2. The molecule has 132 valence electrons. The lowest BCUT2D eigenvalue weighted by molar-refractivity contribution is -0.115. The Hall–Kier alpha value is -2.82. The molecule has 25 heavy (non-hydrogen) atoms. The Morgan fingerprint density at radius 2 is 1.48 bits per heavy atom. The minimum atomic E-state index is -0.153. The molecule has 0 saturated carbocycles. The van der Waals surface area contributed by atoms with Crippen molar-refractivity contribution in [3.63, 3.8) is 0 Å². The molecule has 0 aliphatic rings. The van der Waals surface area contributed by atoms with Crippen molar-refractivity contribution in [3.05, 3.63) is 54.1 Å². The first-order valence-corrected chi connectivity index (χ1v) is 8.26. The molecule has 3 N–H and O–H groups in total. The monoisotopic (exact) mass is 339 g/mol. The fourth-order valence-electron chi connectivity index (χ4n) is 2.35. The van der Waals surface area contributed by atoms with E-state index < -0.39 is 0 Å². The normalized spacial score (nSPS) is 10.9. The van der Waals surface area contributed by atoms with Crippen LogP contribution in [-0.2, 0) is 15.0 Å². The average Bonchev–Trinajstić information content (AvgIpc) is 2.52. The summed E-state index contributed by atoms with van der Waals surface area (Å²) >= 11 is 0. The van der Waals surface area contributed by atoms with Crippen molar-refractivity contribution in [1.29, 1.82) is 0 Å². The van der Waals surface area contributed by atoms with E-state index >= 15 is 0 Å². The molecule has 0 aliphatic carbocycles. The van der Waals surface area contributed by atoms with Gasteiger partial charge < -0.3 is 16.0 Å². The van der Waals surface area contributed by atoms with Gasteiger partial charge in [0.05, 0.1) is 6.54 Å². The van der Waals surface area contributed by atoms with Crippen molar-refractivity contribution in [2.75, 3.05) is 22.5 Å². The molecule has 0 aromatic heterocycles. The molecule has 5 nitrogen and oxygen atoms in total. The van der Waals surface area contributed by atoms with Crippen LogP contribution in [0.15, 0.2) is 48.5 Å². The van der Waals surface area contributed by atoms with Gasteiger partial charge in [0, 0.05) is 24.0 Å². The summed E-state index contributed by atoms with van der Waals surface area (Å²) in [5.74, 6) is -0.302. The Balaban J connectivity index is 1.89. The number of anilines is 3. The highest BCUT2D eigenvalue weighted by Gasteiger charge is 2.12. The second kappa shape index (κ2) is 7.83. The maximum absolute atomic E-state index is 12.1. The van der Waals surface area contributed by atoms with Crippen LogP contribution in [0.5, 0.6) is 0 Å². The van der Waals surface area contributed by atoms with Crippen LogP contribution in [-0.4, -0.2) is 18.4 Å². The van der Waals surface area contributed by atoms with E-state index in [0.717, 1.165) is 5.69 Å². The molecule has 0 atom stereocenters. The summed E-state index contributed by atoms with van der Waals surface area (Å²) in [7, 11) is 0. The largest absolute Gasteiger partial charge is 0.376 e. The van der Waals surface area contributed by atoms with Gasteiger partial charge in [0.15, 0.2) is 0 Å². The van der Waals surface area contributed by atoms with Gasteiger partial charge in [-0.05, 0) is 41.3 Å². The maximum Gasteiger partial charge on any atom is 0.243 e. The molecule has 2 amide bonds. The van der Waals surface area contributed by atoms with Crippen molar-refractivity contribution in [2.24, 2.45) is 0 Å². The van der Waals surface area contributed by atoms with Crippen LogP contribution in [0.4, 0.5) is 17.1 Å². The molecular weight excluding hydrogens is 314 g/mol. The lowest BCUT2D eigenvalue weighted by Crippen LogP contribution is -2.22. The third-order valence-electron chi connectivity index (χ3n) is 3.67. The molecule has 5 heteroatoms. The first-order valence-electron chi connectivity index (χ1n) is 8.26. The Bertz CT molecular complexity index is 746. The van der Waals surface area contributed by atoms with Gasteiger partial charge in [0.2, 0.25) is 11.8 Å². The van der Waals surface area contributed by atoms with E-state index in [2.05, 4.69) is 48.9 Å². The van der Waals surface area contributed by atoms with Crippen molar-refractivity contribution < 1.29 is 9.59 Å². The van der Waals surface area contributed by atoms with Crippen molar-refractivity contribution >= 4 is 28.9 Å². The van der Waals surface area contributed by atoms with E-state index in [9.17, 15) is 9.59 Å². The van der Waals surface area contributed by atoms with Crippen LogP contribution < -0.4 is 16.0 Å². The van der Waals surface area contributed by atoms with E-state index in [-0.39, 0.29) is 23.8 Å². The molecule has 0 bridgehead atoms. The molecule has 0 aliphatic heterocycles. The summed E-state index contributed by atoms with van der Waals surface area (Å²) in [6, 6.07) is 15.1. The van der Waals surface area contributed by atoms with E-state index in [0.29, 0.717) is 11.4 Å². The molecule has 0 saturated heterocycles. The number of nitrogens with one attached hydrogen (secondary N) is 3. The molecule has 0 radical (unpaired) electrons. The summed E-state index contributed by atoms with van der Waals surface area (Å²) in [5.41, 5.74) is 3.54. The van der Waals surface area contributed by atoms with Gasteiger partial charge in [0.25, 0.3) is 0 Å². The fourth-order valence-corrected chi connectivity index (χ4v) is 2.35. The number of carbonyl (C=O) groups excluding carboxylic acids is 2. The van der Waals surface area contributed by atoms with Crippen LogP contribution in [0.25, 0.3) is 0 Å². The SMILES string of the molecule is CC(=O)Nc1cccc(NC(=O)CNc2ccc(C(C)(C)C)cc2)c1. The van der Waals surface area contributed by atoms with Gasteiger partial charge in [-0.2, -0.15) is 0 Å². The van der Waals surface area contributed by atoms with Crippen molar-refractivity contribution in [1.82, 2.24) is 0 Å². The van der Waals surface area contributed by atoms with Gasteiger partial charge in [-0.25, -0.2) is 0 Å². The Kier molecular flexibility index (Phi) is 5.80. The van der Waals surface area contributed by atoms with E-state index in [1.807, 2.05) is 12.1 Å². The van der Waals surface area contributed by atoms with Crippen LogP contribution in [0.1, 0.15) is 33.3 Å². The number of hydrogen-bond donors (Lipinski definition) is 3. The minimum absolute atomic E-state index is 0.106. The van der Waals surface area contributed by atoms with Crippen LogP contribution in [0.3, 0.4) is 0 Å². The zero-order valence-electron chi connectivity index (χ0n) is 15.1. The second-order valence-electron chi connectivity index (χ2n) is 6.99. The van der Waals surface area contributed by atoms with Crippen molar-refractivity contribution in [3.8, 4) is 0 Å². The zero-order chi connectivity index (χ0) is 18.4. The Labute approximate surface area is 148 Å².